The summed E-state index contributed by atoms with van der Waals surface area (Å²) in [5, 5.41) is 0.474. The van der Waals surface area contributed by atoms with E-state index in [1.165, 1.54) is 12.3 Å². The Morgan fingerprint density at radius 3 is 3.05 bits per heavy atom. The molecule has 2 heterocycles. The first-order valence-corrected chi connectivity index (χ1v) is 7.07. The first-order valence-electron chi connectivity index (χ1n) is 6.69. The number of carbonyl (C=O) groups is 2. The molecule has 0 N–H and O–H groups in total. The lowest BCUT2D eigenvalue weighted by molar-refractivity contribution is -0.149. The van der Waals surface area contributed by atoms with Crippen LogP contribution in [0, 0.1) is 5.92 Å². The second-order valence-corrected chi connectivity index (χ2v) is 5.14. The first kappa shape index (κ1) is 14.8. The summed E-state index contributed by atoms with van der Waals surface area (Å²) in [6.07, 6.45) is 3.05. The van der Waals surface area contributed by atoms with Crippen molar-refractivity contribution in [1.82, 2.24) is 9.88 Å². The molecule has 20 heavy (non-hydrogen) atoms. The van der Waals surface area contributed by atoms with Gasteiger partial charge in [0.1, 0.15) is 5.69 Å². The Kier molecular flexibility index (Phi) is 4.95. The number of halogens is 1. The molecule has 1 aromatic rings. The molecule has 0 radical (unpaired) electrons. The van der Waals surface area contributed by atoms with Crippen LogP contribution < -0.4 is 0 Å². The Labute approximate surface area is 122 Å². The maximum Gasteiger partial charge on any atom is 0.310 e. The zero-order valence-electron chi connectivity index (χ0n) is 11.3. The van der Waals surface area contributed by atoms with Crippen LogP contribution in [0.4, 0.5) is 0 Å². The summed E-state index contributed by atoms with van der Waals surface area (Å²) in [5.41, 5.74) is 0.307. The second-order valence-electron chi connectivity index (χ2n) is 4.70. The van der Waals surface area contributed by atoms with Crippen molar-refractivity contribution in [2.45, 2.75) is 19.8 Å². The van der Waals surface area contributed by atoms with Crippen LogP contribution in [0.3, 0.4) is 0 Å². The van der Waals surface area contributed by atoms with E-state index in [2.05, 4.69) is 4.98 Å². The molecule has 1 aromatic heterocycles. The molecule has 0 bridgehead atoms. The average molecular weight is 297 g/mol. The molecule has 1 atom stereocenters. The molecule has 1 aliphatic heterocycles. The van der Waals surface area contributed by atoms with Gasteiger partial charge >= 0.3 is 5.97 Å². The van der Waals surface area contributed by atoms with Gasteiger partial charge in [-0.05, 0) is 31.9 Å². The van der Waals surface area contributed by atoms with E-state index in [0.29, 0.717) is 30.4 Å². The van der Waals surface area contributed by atoms with Gasteiger partial charge in [0.15, 0.2) is 0 Å². The van der Waals surface area contributed by atoms with Gasteiger partial charge in [-0.3, -0.25) is 14.6 Å². The highest BCUT2D eigenvalue weighted by molar-refractivity contribution is 6.30. The molecule has 1 saturated heterocycles. The van der Waals surface area contributed by atoms with Crippen LogP contribution in [0.2, 0.25) is 5.02 Å². The fourth-order valence-electron chi connectivity index (χ4n) is 2.30. The number of hydrogen-bond donors (Lipinski definition) is 0. The van der Waals surface area contributed by atoms with E-state index in [0.717, 1.165) is 12.8 Å². The minimum Gasteiger partial charge on any atom is -0.466 e. The number of aromatic nitrogens is 1. The van der Waals surface area contributed by atoms with Gasteiger partial charge in [0, 0.05) is 24.3 Å². The third-order valence-corrected chi connectivity index (χ3v) is 3.50. The Morgan fingerprint density at radius 1 is 1.55 bits per heavy atom. The van der Waals surface area contributed by atoms with Gasteiger partial charge in [0.25, 0.3) is 5.91 Å². The number of nitrogens with zero attached hydrogens (tertiary/aromatic N) is 2. The maximum atomic E-state index is 12.3. The molecular formula is C14H17ClN2O3. The predicted octanol–water partition coefficient (Wildman–Crippen LogP) is 2.15. The normalized spacial score (nSPS) is 18.7. The zero-order valence-corrected chi connectivity index (χ0v) is 12.1. The van der Waals surface area contributed by atoms with E-state index < -0.39 is 0 Å². The Bertz CT molecular complexity index is 507. The van der Waals surface area contributed by atoms with Crippen LogP contribution in [-0.4, -0.2) is 41.5 Å². The van der Waals surface area contributed by atoms with Crippen LogP contribution in [0.15, 0.2) is 18.3 Å². The van der Waals surface area contributed by atoms with Gasteiger partial charge in [0.2, 0.25) is 0 Å². The van der Waals surface area contributed by atoms with E-state index >= 15 is 0 Å². The third kappa shape index (κ3) is 3.48. The van der Waals surface area contributed by atoms with Crippen molar-refractivity contribution in [3.63, 3.8) is 0 Å². The largest absolute Gasteiger partial charge is 0.466 e. The van der Waals surface area contributed by atoms with Crippen LogP contribution >= 0.6 is 11.6 Å². The summed E-state index contributed by atoms with van der Waals surface area (Å²) < 4.78 is 5.02. The van der Waals surface area contributed by atoms with Crippen molar-refractivity contribution in [1.29, 1.82) is 0 Å². The lowest BCUT2D eigenvalue weighted by Crippen LogP contribution is -2.43. The van der Waals surface area contributed by atoms with E-state index in [-0.39, 0.29) is 17.8 Å². The standard InChI is InChI=1S/C14H17ClN2O3/c1-2-20-14(19)10-4-3-7-17(9-10)13(18)12-8-11(15)5-6-16-12/h5-6,8,10H,2-4,7,9H2,1H3/t10-/m0/s1. The lowest BCUT2D eigenvalue weighted by Gasteiger charge is -2.31. The maximum absolute atomic E-state index is 12.3. The van der Waals surface area contributed by atoms with Gasteiger partial charge in [-0.2, -0.15) is 0 Å². The molecule has 0 saturated carbocycles. The van der Waals surface area contributed by atoms with Gasteiger partial charge in [-0.15, -0.1) is 0 Å². The highest BCUT2D eigenvalue weighted by Gasteiger charge is 2.30. The fourth-order valence-corrected chi connectivity index (χ4v) is 2.46. The molecule has 108 valence electrons. The molecule has 0 aromatic carbocycles. The number of pyridine rings is 1. The molecule has 1 fully saturated rings. The number of amides is 1. The van der Waals surface area contributed by atoms with E-state index in [9.17, 15) is 9.59 Å². The number of likely N-dealkylation sites (tertiary alicyclic amines) is 1. The zero-order chi connectivity index (χ0) is 14.5. The summed E-state index contributed by atoms with van der Waals surface area (Å²) in [6, 6.07) is 3.16. The number of carbonyl (C=O) groups excluding carboxylic acids is 2. The molecule has 0 spiro atoms. The van der Waals surface area contributed by atoms with Crippen molar-refractivity contribution in [3.05, 3.63) is 29.0 Å². The first-order chi connectivity index (χ1) is 9.61. The smallest absolute Gasteiger partial charge is 0.310 e. The molecule has 5 nitrogen and oxygen atoms in total. The molecule has 0 unspecified atom stereocenters. The van der Waals surface area contributed by atoms with E-state index in [4.69, 9.17) is 16.3 Å². The van der Waals surface area contributed by atoms with Gasteiger partial charge in [-0.25, -0.2) is 0 Å². The monoisotopic (exact) mass is 296 g/mol. The van der Waals surface area contributed by atoms with Crippen molar-refractivity contribution in [3.8, 4) is 0 Å². The number of esters is 1. The number of rotatable bonds is 3. The minimum atomic E-state index is -0.244. The molecule has 1 amide bonds. The fraction of sp³-hybridized carbons (Fsp3) is 0.500. The van der Waals surface area contributed by atoms with Crippen molar-refractivity contribution < 1.29 is 14.3 Å². The summed E-state index contributed by atoms with van der Waals surface area (Å²) >= 11 is 5.86. The second kappa shape index (κ2) is 6.70. The SMILES string of the molecule is CCOC(=O)[C@H]1CCCN(C(=O)c2cc(Cl)ccn2)C1. The number of piperidine rings is 1. The Morgan fingerprint density at radius 2 is 2.35 bits per heavy atom. The minimum absolute atomic E-state index is 0.193. The molecule has 0 aliphatic carbocycles. The molecule has 1 aliphatic rings. The Hall–Kier alpha value is -1.62. The summed E-state index contributed by atoms with van der Waals surface area (Å²) in [4.78, 5) is 29.8. The van der Waals surface area contributed by atoms with Crippen LogP contribution in [0.5, 0.6) is 0 Å². The summed E-state index contributed by atoms with van der Waals surface area (Å²) in [7, 11) is 0. The topological polar surface area (TPSA) is 59.5 Å². The van der Waals surface area contributed by atoms with Crippen molar-refractivity contribution >= 4 is 23.5 Å². The quantitative estimate of drug-likeness (QED) is 0.802. The Balaban J connectivity index is 2.05. The van der Waals surface area contributed by atoms with Gasteiger partial charge in [0.05, 0.1) is 12.5 Å². The number of hydrogen-bond acceptors (Lipinski definition) is 4. The lowest BCUT2D eigenvalue weighted by atomic mass is 9.98. The van der Waals surface area contributed by atoms with Crippen LogP contribution in [0.25, 0.3) is 0 Å². The predicted molar refractivity (Wildman–Crippen MR) is 74.5 cm³/mol. The van der Waals surface area contributed by atoms with Gasteiger partial charge < -0.3 is 9.64 Å². The highest BCUT2D eigenvalue weighted by atomic mass is 35.5. The number of ether oxygens (including phenoxy) is 1. The van der Waals surface area contributed by atoms with Crippen molar-refractivity contribution in [2.75, 3.05) is 19.7 Å². The van der Waals surface area contributed by atoms with Gasteiger partial charge in [-0.1, -0.05) is 11.6 Å². The van der Waals surface area contributed by atoms with Crippen molar-refractivity contribution in [2.24, 2.45) is 5.92 Å². The molecule has 2 rings (SSSR count). The summed E-state index contributed by atoms with van der Waals surface area (Å²) in [5.74, 6) is -0.669. The van der Waals surface area contributed by atoms with Crippen LogP contribution in [0.1, 0.15) is 30.3 Å². The third-order valence-electron chi connectivity index (χ3n) is 3.27. The van der Waals surface area contributed by atoms with E-state index in [1.807, 2.05) is 0 Å². The molecule has 6 heteroatoms. The summed E-state index contributed by atoms with van der Waals surface area (Å²) in [6.45, 7) is 3.15. The average Bonchev–Trinajstić information content (AvgIpc) is 2.47. The van der Waals surface area contributed by atoms with Crippen LogP contribution in [-0.2, 0) is 9.53 Å². The highest BCUT2D eigenvalue weighted by Crippen LogP contribution is 2.20. The van der Waals surface area contributed by atoms with E-state index in [1.54, 1.807) is 17.9 Å². The molecular weight excluding hydrogens is 280 g/mol.